The van der Waals surface area contributed by atoms with Crippen LogP contribution < -0.4 is 5.32 Å². The molecule has 1 aromatic carbocycles. The molecule has 0 saturated heterocycles. The van der Waals surface area contributed by atoms with E-state index in [1.54, 1.807) is 6.07 Å². The number of halogens is 1. The smallest absolute Gasteiger partial charge is 0.123 e. The number of benzene rings is 1. The van der Waals surface area contributed by atoms with Crippen molar-refractivity contribution >= 4 is 0 Å². The first-order valence-electron chi connectivity index (χ1n) is 6.04. The van der Waals surface area contributed by atoms with Crippen molar-refractivity contribution in [3.05, 3.63) is 35.1 Å². The molecular weight excluding hydrogens is 201 g/mol. The van der Waals surface area contributed by atoms with E-state index in [4.69, 9.17) is 0 Å². The summed E-state index contributed by atoms with van der Waals surface area (Å²) in [6.45, 7) is 9.47. The van der Waals surface area contributed by atoms with E-state index < -0.39 is 0 Å². The van der Waals surface area contributed by atoms with Crippen molar-refractivity contribution in [2.24, 2.45) is 0 Å². The number of rotatable bonds is 5. The highest BCUT2D eigenvalue weighted by molar-refractivity contribution is 5.29. The lowest BCUT2D eigenvalue weighted by Gasteiger charge is -2.19. The quantitative estimate of drug-likeness (QED) is 0.804. The van der Waals surface area contributed by atoms with Crippen molar-refractivity contribution in [1.29, 1.82) is 0 Å². The van der Waals surface area contributed by atoms with Gasteiger partial charge in [0.25, 0.3) is 0 Å². The minimum absolute atomic E-state index is 0.136. The molecule has 0 bridgehead atoms. The molecule has 1 aromatic rings. The standard InChI is InChI=1S/C14H22FN/c1-5-16-12(4)8-11(3)14-9-13(15)7-6-10(14)2/h6-7,9,11-12,16H,5,8H2,1-4H3. The molecule has 0 aliphatic heterocycles. The van der Waals surface area contributed by atoms with Crippen LogP contribution in [-0.4, -0.2) is 12.6 Å². The van der Waals surface area contributed by atoms with Gasteiger partial charge in [0.1, 0.15) is 5.82 Å². The van der Waals surface area contributed by atoms with Crippen LogP contribution in [0.4, 0.5) is 4.39 Å². The summed E-state index contributed by atoms with van der Waals surface area (Å²) in [6.07, 6.45) is 1.04. The van der Waals surface area contributed by atoms with Gasteiger partial charge in [0, 0.05) is 6.04 Å². The van der Waals surface area contributed by atoms with Crippen LogP contribution in [0.3, 0.4) is 0 Å². The zero-order valence-corrected chi connectivity index (χ0v) is 10.7. The molecule has 0 amide bonds. The van der Waals surface area contributed by atoms with E-state index in [0.717, 1.165) is 18.5 Å². The van der Waals surface area contributed by atoms with E-state index in [1.807, 2.05) is 13.0 Å². The van der Waals surface area contributed by atoms with Crippen LogP contribution in [0.5, 0.6) is 0 Å². The molecule has 0 fully saturated rings. The van der Waals surface area contributed by atoms with Gasteiger partial charge in [0.15, 0.2) is 0 Å². The summed E-state index contributed by atoms with van der Waals surface area (Å²) in [5.74, 6) is 0.258. The van der Waals surface area contributed by atoms with Crippen LogP contribution in [-0.2, 0) is 0 Å². The average molecular weight is 223 g/mol. The fourth-order valence-electron chi connectivity index (χ4n) is 2.23. The SMILES string of the molecule is CCNC(C)CC(C)c1cc(F)ccc1C. The molecule has 1 nitrogen and oxygen atoms in total. The zero-order valence-electron chi connectivity index (χ0n) is 10.7. The van der Waals surface area contributed by atoms with Gasteiger partial charge in [0.2, 0.25) is 0 Å². The molecule has 0 saturated carbocycles. The summed E-state index contributed by atoms with van der Waals surface area (Å²) in [6, 6.07) is 5.53. The predicted octanol–water partition coefficient (Wildman–Crippen LogP) is 3.63. The van der Waals surface area contributed by atoms with Crippen molar-refractivity contribution in [3.8, 4) is 0 Å². The molecule has 0 aliphatic rings. The Kier molecular flexibility index (Phi) is 4.94. The molecule has 16 heavy (non-hydrogen) atoms. The molecular formula is C14H22FN. The van der Waals surface area contributed by atoms with Crippen LogP contribution >= 0.6 is 0 Å². The fraction of sp³-hybridized carbons (Fsp3) is 0.571. The van der Waals surface area contributed by atoms with Crippen molar-refractivity contribution in [1.82, 2.24) is 5.32 Å². The monoisotopic (exact) mass is 223 g/mol. The predicted molar refractivity (Wildman–Crippen MR) is 67.3 cm³/mol. The fourth-order valence-corrected chi connectivity index (χ4v) is 2.23. The Morgan fingerprint density at radius 3 is 2.62 bits per heavy atom. The summed E-state index contributed by atoms with van der Waals surface area (Å²) in [5, 5.41) is 3.39. The Balaban J connectivity index is 2.72. The molecule has 2 unspecified atom stereocenters. The van der Waals surface area contributed by atoms with Crippen LogP contribution in [0, 0.1) is 12.7 Å². The highest BCUT2D eigenvalue weighted by Crippen LogP contribution is 2.24. The molecule has 90 valence electrons. The van der Waals surface area contributed by atoms with Crippen molar-refractivity contribution in [2.45, 2.75) is 46.1 Å². The van der Waals surface area contributed by atoms with Gasteiger partial charge in [-0.25, -0.2) is 4.39 Å². The number of aryl methyl sites for hydroxylation is 1. The second kappa shape index (κ2) is 6.00. The van der Waals surface area contributed by atoms with Gasteiger partial charge >= 0.3 is 0 Å². The number of hydrogen-bond donors (Lipinski definition) is 1. The van der Waals surface area contributed by atoms with E-state index >= 15 is 0 Å². The summed E-state index contributed by atoms with van der Waals surface area (Å²) < 4.78 is 13.2. The first-order chi connectivity index (χ1) is 7.54. The Labute approximate surface area is 98.1 Å². The largest absolute Gasteiger partial charge is 0.315 e. The summed E-state index contributed by atoms with van der Waals surface area (Å²) in [7, 11) is 0. The molecule has 0 radical (unpaired) electrons. The topological polar surface area (TPSA) is 12.0 Å². The van der Waals surface area contributed by atoms with Crippen LogP contribution in [0.2, 0.25) is 0 Å². The number of nitrogens with one attached hydrogen (secondary N) is 1. The molecule has 0 spiro atoms. The first kappa shape index (κ1) is 13.2. The van der Waals surface area contributed by atoms with Gasteiger partial charge < -0.3 is 5.32 Å². The number of hydrogen-bond acceptors (Lipinski definition) is 1. The van der Waals surface area contributed by atoms with Crippen LogP contribution in [0.1, 0.15) is 44.2 Å². The van der Waals surface area contributed by atoms with E-state index in [2.05, 4.69) is 26.1 Å². The van der Waals surface area contributed by atoms with Crippen LogP contribution in [0.15, 0.2) is 18.2 Å². The molecule has 0 heterocycles. The maximum absolute atomic E-state index is 13.2. The normalized spacial score (nSPS) is 14.8. The maximum Gasteiger partial charge on any atom is 0.123 e. The lowest BCUT2D eigenvalue weighted by molar-refractivity contribution is 0.488. The van der Waals surface area contributed by atoms with Crippen molar-refractivity contribution < 1.29 is 4.39 Å². The lowest BCUT2D eigenvalue weighted by Crippen LogP contribution is -2.27. The lowest BCUT2D eigenvalue weighted by atomic mass is 9.91. The minimum Gasteiger partial charge on any atom is -0.315 e. The highest BCUT2D eigenvalue weighted by Gasteiger charge is 2.12. The van der Waals surface area contributed by atoms with Gasteiger partial charge in [-0.1, -0.05) is 19.9 Å². The third kappa shape index (κ3) is 3.60. The highest BCUT2D eigenvalue weighted by atomic mass is 19.1. The Bertz CT molecular complexity index is 336. The summed E-state index contributed by atoms with van der Waals surface area (Å²) in [5.41, 5.74) is 2.31. The summed E-state index contributed by atoms with van der Waals surface area (Å²) >= 11 is 0. The Hall–Kier alpha value is -0.890. The molecule has 1 N–H and O–H groups in total. The maximum atomic E-state index is 13.2. The Morgan fingerprint density at radius 1 is 1.31 bits per heavy atom. The molecule has 0 aromatic heterocycles. The first-order valence-corrected chi connectivity index (χ1v) is 6.04. The van der Waals surface area contributed by atoms with E-state index in [-0.39, 0.29) is 5.82 Å². The third-order valence-corrected chi connectivity index (χ3v) is 3.03. The van der Waals surface area contributed by atoms with Gasteiger partial charge in [0.05, 0.1) is 0 Å². The van der Waals surface area contributed by atoms with Gasteiger partial charge in [-0.3, -0.25) is 0 Å². The zero-order chi connectivity index (χ0) is 12.1. The van der Waals surface area contributed by atoms with Crippen molar-refractivity contribution in [2.75, 3.05) is 6.54 Å². The minimum atomic E-state index is -0.136. The Morgan fingerprint density at radius 2 is 2.00 bits per heavy atom. The third-order valence-electron chi connectivity index (χ3n) is 3.03. The van der Waals surface area contributed by atoms with Crippen molar-refractivity contribution in [3.63, 3.8) is 0 Å². The molecule has 0 aliphatic carbocycles. The molecule has 2 atom stereocenters. The van der Waals surface area contributed by atoms with Gasteiger partial charge in [-0.15, -0.1) is 0 Å². The second-order valence-corrected chi connectivity index (χ2v) is 4.60. The summed E-state index contributed by atoms with van der Waals surface area (Å²) in [4.78, 5) is 0. The van der Waals surface area contributed by atoms with Gasteiger partial charge in [-0.05, 0) is 56.0 Å². The molecule has 1 rings (SSSR count). The van der Waals surface area contributed by atoms with E-state index in [0.29, 0.717) is 12.0 Å². The van der Waals surface area contributed by atoms with Gasteiger partial charge in [-0.2, -0.15) is 0 Å². The van der Waals surface area contributed by atoms with E-state index in [9.17, 15) is 4.39 Å². The average Bonchev–Trinajstić information content (AvgIpc) is 2.21. The van der Waals surface area contributed by atoms with E-state index in [1.165, 1.54) is 11.6 Å². The van der Waals surface area contributed by atoms with Crippen LogP contribution in [0.25, 0.3) is 0 Å². The molecule has 2 heteroatoms. The second-order valence-electron chi connectivity index (χ2n) is 4.60.